The second-order valence-corrected chi connectivity index (χ2v) is 4.33. The zero-order valence-electron chi connectivity index (χ0n) is 9.02. The lowest BCUT2D eigenvalue weighted by molar-refractivity contribution is -0.384. The van der Waals surface area contributed by atoms with Gasteiger partial charge in [0.1, 0.15) is 0 Å². The molecule has 0 amide bonds. The molecule has 18 heavy (non-hydrogen) atoms. The Balaban J connectivity index is 2.39. The second kappa shape index (κ2) is 5.03. The van der Waals surface area contributed by atoms with Crippen LogP contribution in [0.25, 0.3) is 11.3 Å². The van der Waals surface area contributed by atoms with E-state index in [1.165, 1.54) is 18.2 Å². The summed E-state index contributed by atoms with van der Waals surface area (Å²) in [6.07, 6.45) is 0. The molecule has 92 valence electrons. The molecule has 0 aliphatic heterocycles. The van der Waals surface area contributed by atoms with E-state index in [1.54, 1.807) is 24.3 Å². The van der Waals surface area contributed by atoms with Gasteiger partial charge in [-0.1, -0.05) is 6.07 Å². The molecule has 7 heteroatoms. The molecule has 0 saturated heterocycles. The summed E-state index contributed by atoms with van der Waals surface area (Å²) < 4.78 is 19.8. The maximum absolute atomic E-state index is 10.9. The van der Waals surface area contributed by atoms with Gasteiger partial charge in [0, 0.05) is 17.7 Å². The molecule has 1 atom stereocenters. The minimum atomic E-state index is -2.14. The van der Waals surface area contributed by atoms with Gasteiger partial charge in [-0.15, -0.1) is 0 Å². The highest BCUT2D eigenvalue weighted by molar-refractivity contribution is 7.79. The predicted octanol–water partition coefficient (Wildman–Crippen LogP) is 2.24. The van der Waals surface area contributed by atoms with Crippen molar-refractivity contribution in [3.8, 4) is 11.3 Å². The lowest BCUT2D eigenvalue weighted by Gasteiger charge is -2.01. The monoisotopic (exact) mass is 264 g/mol. The van der Waals surface area contributed by atoms with E-state index in [2.05, 4.69) is 4.98 Å². The molecular weight excluding hydrogens is 256 g/mol. The van der Waals surface area contributed by atoms with Gasteiger partial charge in [-0.05, 0) is 24.3 Å². The average Bonchev–Trinajstić information content (AvgIpc) is 2.39. The SMILES string of the molecule is O=[N+]([O-])c1ccc(-c2cccc(S(=O)O)n2)cc1. The average molecular weight is 264 g/mol. The summed E-state index contributed by atoms with van der Waals surface area (Å²) in [7, 11) is 0. The van der Waals surface area contributed by atoms with Gasteiger partial charge in [-0.2, -0.15) is 0 Å². The highest BCUT2D eigenvalue weighted by atomic mass is 32.2. The smallest absolute Gasteiger partial charge is 0.269 e. The maximum atomic E-state index is 10.9. The summed E-state index contributed by atoms with van der Waals surface area (Å²) in [5.74, 6) is 0. The van der Waals surface area contributed by atoms with Crippen LogP contribution >= 0.6 is 0 Å². The van der Waals surface area contributed by atoms with Gasteiger partial charge in [0.25, 0.3) is 5.69 Å². The van der Waals surface area contributed by atoms with Crippen molar-refractivity contribution in [2.75, 3.05) is 0 Å². The molecule has 0 aliphatic carbocycles. The number of nitro groups is 1. The first-order valence-corrected chi connectivity index (χ1v) is 6.01. The number of hydrogen-bond acceptors (Lipinski definition) is 4. The summed E-state index contributed by atoms with van der Waals surface area (Å²) in [6, 6.07) is 10.5. The van der Waals surface area contributed by atoms with Gasteiger partial charge in [-0.25, -0.2) is 9.19 Å². The largest absolute Gasteiger partial charge is 0.301 e. The van der Waals surface area contributed by atoms with Gasteiger partial charge in [0.05, 0.1) is 10.6 Å². The quantitative estimate of drug-likeness (QED) is 0.521. The fourth-order valence-electron chi connectivity index (χ4n) is 1.43. The van der Waals surface area contributed by atoms with Crippen LogP contribution in [0, 0.1) is 10.1 Å². The van der Waals surface area contributed by atoms with Gasteiger partial charge in [0.15, 0.2) is 5.03 Å². The third kappa shape index (κ3) is 2.58. The van der Waals surface area contributed by atoms with Crippen LogP contribution < -0.4 is 0 Å². The summed E-state index contributed by atoms with van der Waals surface area (Å²) >= 11 is -2.14. The topological polar surface area (TPSA) is 93.3 Å². The second-order valence-electron chi connectivity index (χ2n) is 3.41. The molecule has 1 aromatic heterocycles. The van der Waals surface area contributed by atoms with Crippen LogP contribution in [0.1, 0.15) is 0 Å². The first-order valence-electron chi connectivity index (χ1n) is 4.90. The molecule has 2 rings (SSSR count). The van der Waals surface area contributed by atoms with Crippen molar-refractivity contribution in [2.45, 2.75) is 5.03 Å². The Hall–Kier alpha value is -2.12. The van der Waals surface area contributed by atoms with E-state index in [1.807, 2.05) is 0 Å². The van der Waals surface area contributed by atoms with E-state index in [-0.39, 0.29) is 10.7 Å². The van der Waals surface area contributed by atoms with E-state index < -0.39 is 16.0 Å². The Bertz CT molecular complexity index is 613. The summed E-state index contributed by atoms with van der Waals surface area (Å²) in [5.41, 5.74) is 1.12. The molecule has 0 bridgehead atoms. The number of benzene rings is 1. The lowest BCUT2D eigenvalue weighted by atomic mass is 10.1. The summed E-state index contributed by atoms with van der Waals surface area (Å²) in [4.78, 5) is 14.0. The van der Waals surface area contributed by atoms with E-state index >= 15 is 0 Å². The van der Waals surface area contributed by atoms with Crippen LogP contribution in [-0.4, -0.2) is 18.7 Å². The number of rotatable bonds is 3. The number of hydrogen-bond donors (Lipinski definition) is 1. The highest BCUT2D eigenvalue weighted by Crippen LogP contribution is 2.21. The van der Waals surface area contributed by atoms with E-state index in [0.29, 0.717) is 11.3 Å². The minimum absolute atomic E-state index is 0.0133. The number of nitrogens with zero attached hydrogens (tertiary/aromatic N) is 2. The normalized spacial score (nSPS) is 12.1. The fraction of sp³-hybridized carbons (Fsp3) is 0. The fourth-order valence-corrected chi connectivity index (χ4v) is 1.80. The molecule has 1 heterocycles. The third-order valence-electron chi connectivity index (χ3n) is 2.28. The van der Waals surface area contributed by atoms with E-state index in [9.17, 15) is 14.3 Å². The van der Waals surface area contributed by atoms with Gasteiger partial charge in [-0.3, -0.25) is 10.1 Å². The standard InChI is InChI=1S/C11H8N2O4S/c14-13(15)9-6-4-8(5-7-9)10-2-1-3-11(12-10)18(16)17/h1-7H,(H,16,17). The number of pyridine rings is 1. The van der Waals surface area contributed by atoms with E-state index in [0.717, 1.165) is 0 Å². The number of non-ortho nitro benzene ring substituents is 1. The predicted molar refractivity (Wildman–Crippen MR) is 65.4 cm³/mol. The molecule has 0 saturated carbocycles. The summed E-state index contributed by atoms with van der Waals surface area (Å²) in [5, 5.41) is 10.6. The van der Waals surface area contributed by atoms with Crippen molar-refractivity contribution in [3.63, 3.8) is 0 Å². The van der Waals surface area contributed by atoms with Crippen LogP contribution in [0.3, 0.4) is 0 Å². The van der Waals surface area contributed by atoms with Crippen LogP contribution in [0.2, 0.25) is 0 Å². The molecule has 1 unspecified atom stereocenters. The molecule has 2 aromatic rings. The number of nitro benzene ring substituents is 1. The zero-order chi connectivity index (χ0) is 13.1. The van der Waals surface area contributed by atoms with Crippen molar-refractivity contribution >= 4 is 16.8 Å². The van der Waals surface area contributed by atoms with Gasteiger partial charge in [0.2, 0.25) is 11.1 Å². The highest BCUT2D eigenvalue weighted by Gasteiger charge is 2.07. The molecule has 0 spiro atoms. The molecule has 6 nitrogen and oxygen atoms in total. The van der Waals surface area contributed by atoms with Gasteiger partial charge >= 0.3 is 0 Å². The molecule has 1 N–H and O–H groups in total. The first kappa shape index (κ1) is 12.3. The Morgan fingerprint density at radius 1 is 1.17 bits per heavy atom. The van der Waals surface area contributed by atoms with Crippen LogP contribution in [0.4, 0.5) is 5.69 Å². The van der Waals surface area contributed by atoms with E-state index in [4.69, 9.17) is 4.55 Å². The van der Waals surface area contributed by atoms with Crippen LogP contribution in [-0.2, 0) is 11.1 Å². The van der Waals surface area contributed by atoms with Crippen molar-refractivity contribution in [1.82, 2.24) is 4.98 Å². The van der Waals surface area contributed by atoms with Crippen molar-refractivity contribution in [1.29, 1.82) is 0 Å². The first-order chi connectivity index (χ1) is 8.58. The molecule has 0 radical (unpaired) electrons. The van der Waals surface area contributed by atoms with Gasteiger partial charge < -0.3 is 4.55 Å². The minimum Gasteiger partial charge on any atom is -0.301 e. The Kier molecular flexibility index (Phi) is 3.45. The Morgan fingerprint density at radius 3 is 2.39 bits per heavy atom. The Labute approximate surface area is 105 Å². The zero-order valence-corrected chi connectivity index (χ0v) is 9.83. The third-order valence-corrected chi connectivity index (χ3v) is 2.86. The Morgan fingerprint density at radius 2 is 1.83 bits per heavy atom. The van der Waals surface area contributed by atoms with Crippen LogP contribution in [0.15, 0.2) is 47.5 Å². The lowest BCUT2D eigenvalue weighted by Crippen LogP contribution is -1.94. The molecule has 1 aromatic carbocycles. The van der Waals surface area contributed by atoms with Crippen molar-refractivity contribution in [3.05, 3.63) is 52.6 Å². The van der Waals surface area contributed by atoms with Crippen molar-refractivity contribution < 1.29 is 13.7 Å². The van der Waals surface area contributed by atoms with Crippen molar-refractivity contribution in [2.24, 2.45) is 0 Å². The molecule has 0 fully saturated rings. The molecule has 0 aliphatic rings. The molecular formula is C11H8N2O4S. The number of aromatic nitrogens is 1. The maximum Gasteiger partial charge on any atom is 0.269 e. The summed E-state index contributed by atoms with van der Waals surface area (Å²) in [6.45, 7) is 0. The van der Waals surface area contributed by atoms with Crippen LogP contribution in [0.5, 0.6) is 0 Å².